The Morgan fingerprint density at radius 3 is 2.60 bits per heavy atom. The van der Waals surface area contributed by atoms with Crippen LogP contribution in [-0.4, -0.2) is 22.0 Å². The molecule has 1 N–H and O–H groups in total. The van der Waals surface area contributed by atoms with Crippen LogP contribution < -0.4 is 10.1 Å². The van der Waals surface area contributed by atoms with E-state index in [1.54, 1.807) is 13.1 Å². The number of nitrogens with one attached hydrogen (secondary N) is 1. The smallest absolute Gasteiger partial charge is 0.265 e. The minimum absolute atomic E-state index is 0.195. The van der Waals surface area contributed by atoms with E-state index in [-0.39, 0.29) is 5.91 Å². The quantitative estimate of drug-likeness (QED) is 0.453. The summed E-state index contributed by atoms with van der Waals surface area (Å²) < 4.78 is 5.85. The molecule has 2 aromatic carbocycles. The zero-order valence-corrected chi connectivity index (χ0v) is 18.2. The van der Waals surface area contributed by atoms with E-state index in [9.17, 15) is 4.79 Å². The summed E-state index contributed by atoms with van der Waals surface area (Å²) in [6.45, 7) is 7.79. The van der Waals surface area contributed by atoms with Crippen LogP contribution >= 0.6 is 11.3 Å². The van der Waals surface area contributed by atoms with Gasteiger partial charge in [0.25, 0.3) is 5.91 Å². The number of hydrogen-bond donors (Lipinski definition) is 1. The van der Waals surface area contributed by atoms with Crippen LogP contribution in [0.1, 0.15) is 23.6 Å². The molecule has 6 heteroatoms. The van der Waals surface area contributed by atoms with Gasteiger partial charge in [-0.3, -0.25) is 4.79 Å². The number of anilines is 1. The van der Waals surface area contributed by atoms with E-state index in [1.165, 1.54) is 16.9 Å². The van der Waals surface area contributed by atoms with Gasteiger partial charge in [-0.25, -0.2) is 9.97 Å². The molecule has 0 saturated heterocycles. The molecule has 0 spiro atoms. The lowest BCUT2D eigenvalue weighted by atomic mass is 10.1. The molecule has 5 nitrogen and oxygen atoms in total. The molecular weight excluding hydrogens is 394 g/mol. The molecule has 0 radical (unpaired) electrons. The van der Waals surface area contributed by atoms with Gasteiger partial charge in [-0.05, 0) is 74.7 Å². The number of ether oxygens (including phenoxy) is 1. The molecular formula is C24H23N3O2S. The number of benzene rings is 2. The molecule has 1 atom stereocenters. The Bertz CT molecular complexity index is 1200. The predicted molar refractivity (Wildman–Crippen MR) is 122 cm³/mol. The molecule has 2 aromatic heterocycles. The molecule has 0 fully saturated rings. The van der Waals surface area contributed by atoms with Crippen molar-refractivity contribution in [3.63, 3.8) is 0 Å². The van der Waals surface area contributed by atoms with Gasteiger partial charge < -0.3 is 10.1 Å². The highest BCUT2D eigenvalue weighted by molar-refractivity contribution is 7.21. The van der Waals surface area contributed by atoms with E-state index in [1.807, 2.05) is 69.3 Å². The molecule has 4 aromatic rings. The van der Waals surface area contributed by atoms with Crippen LogP contribution in [-0.2, 0) is 4.79 Å². The molecule has 0 aliphatic rings. The van der Waals surface area contributed by atoms with Crippen molar-refractivity contribution in [2.75, 3.05) is 5.32 Å². The van der Waals surface area contributed by atoms with Gasteiger partial charge in [-0.15, -0.1) is 0 Å². The second-order valence-electron chi connectivity index (χ2n) is 7.37. The lowest BCUT2D eigenvalue weighted by molar-refractivity contribution is -0.122. The number of hydrogen-bond acceptors (Lipinski definition) is 5. The maximum Gasteiger partial charge on any atom is 0.265 e. The van der Waals surface area contributed by atoms with E-state index < -0.39 is 6.10 Å². The fourth-order valence-corrected chi connectivity index (χ4v) is 3.97. The largest absolute Gasteiger partial charge is 0.481 e. The first-order valence-electron chi connectivity index (χ1n) is 9.78. The molecule has 152 valence electrons. The van der Waals surface area contributed by atoms with Gasteiger partial charge in [0.15, 0.2) is 6.10 Å². The van der Waals surface area contributed by atoms with Gasteiger partial charge in [0, 0.05) is 17.4 Å². The Hall–Kier alpha value is -3.25. The van der Waals surface area contributed by atoms with E-state index in [0.717, 1.165) is 37.7 Å². The van der Waals surface area contributed by atoms with Crippen LogP contribution in [0.5, 0.6) is 5.75 Å². The molecule has 1 unspecified atom stereocenters. The molecule has 4 rings (SSSR count). The average Bonchev–Trinajstić information content (AvgIpc) is 3.16. The Kier molecular flexibility index (Phi) is 5.50. The SMILES string of the molecule is Cc1ccc(OC(C)C(=O)Nc2cc(-c3nc4cccnc4s3)ccc2C)cc1C. The number of rotatable bonds is 5. The van der Waals surface area contributed by atoms with Crippen LogP contribution in [0.3, 0.4) is 0 Å². The van der Waals surface area contributed by atoms with Gasteiger partial charge in [-0.2, -0.15) is 0 Å². The summed E-state index contributed by atoms with van der Waals surface area (Å²) in [5.41, 5.74) is 5.87. The number of carbonyl (C=O) groups is 1. The fourth-order valence-electron chi connectivity index (χ4n) is 3.06. The summed E-state index contributed by atoms with van der Waals surface area (Å²) in [5, 5.41) is 3.87. The summed E-state index contributed by atoms with van der Waals surface area (Å²) in [4.78, 5) is 22.7. The summed E-state index contributed by atoms with van der Waals surface area (Å²) in [5.74, 6) is 0.493. The Morgan fingerprint density at radius 2 is 1.83 bits per heavy atom. The normalized spacial score (nSPS) is 12.0. The summed E-state index contributed by atoms with van der Waals surface area (Å²) in [6.07, 6.45) is 1.14. The average molecular weight is 418 g/mol. The monoisotopic (exact) mass is 417 g/mol. The van der Waals surface area contributed by atoms with Crippen molar-refractivity contribution in [2.24, 2.45) is 0 Å². The fraction of sp³-hybridized carbons (Fsp3) is 0.208. The standard InChI is InChI=1S/C24H23N3O2S/c1-14-8-10-19(12-16(14)3)29-17(4)22(28)26-21-13-18(9-7-15(21)2)23-27-20-6-5-11-25-24(20)30-23/h5-13,17H,1-4H3,(H,26,28). The number of amides is 1. The van der Waals surface area contributed by atoms with Crippen molar-refractivity contribution in [3.05, 3.63) is 71.4 Å². The maximum absolute atomic E-state index is 12.8. The molecule has 2 heterocycles. The minimum Gasteiger partial charge on any atom is -0.481 e. The summed E-state index contributed by atoms with van der Waals surface area (Å²) in [6, 6.07) is 15.6. The third kappa shape index (κ3) is 4.19. The van der Waals surface area contributed by atoms with Crippen LogP contribution in [0, 0.1) is 20.8 Å². The predicted octanol–water partition coefficient (Wildman–Crippen LogP) is 5.69. The Balaban J connectivity index is 1.52. The number of carbonyl (C=O) groups excluding carboxylic acids is 1. The zero-order chi connectivity index (χ0) is 21.3. The Morgan fingerprint density at radius 1 is 1.03 bits per heavy atom. The summed E-state index contributed by atoms with van der Waals surface area (Å²) in [7, 11) is 0. The van der Waals surface area contributed by atoms with Crippen molar-refractivity contribution in [1.29, 1.82) is 0 Å². The van der Waals surface area contributed by atoms with Gasteiger partial charge >= 0.3 is 0 Å². The molecule has 0 bridgehead atoms. The second-order valence-corrected chi connectivity index (χ2v) is 8.35. The minimum atomic E-state index is -0.623. The van der Waals surface area contributed by atoms with Gasteiger partial charge in [0.2, 0.25) is 0 Å². The van der Waals surface area contributed by atoms with Crippen LogP contribution in [0.2, 0.25) is 0 Å². The molecule has 0 saturated carbocycles. The second kappa shape index (κ2) is 8.24. The number of aryl methyl sites for hydroxylation is 3. The number of aromatic nitrogens is 2. The zero-order valence-electron chi connectivity index (χ0n) is 17.4. The first kappa shape index (κ1) is 20.0. The van der Waals surface area contributed by atoms with Crippen molar-refractivity contribution < 1.29 is 9.53 Å². The topological polar surface area (TPSA) is 64.1 Å². The number of thiazole rings is 1. The molecule has 0 aliphatic heterocycles. The lowest BCUT2D eigenvalue weighted by Crippen LogP contribution is -2.30. The van der Waals surface area contributed by atoms with Crippen LogP contribution in [0.4, 0.5) is 5.69 Å². The van der Waals surface area contributed by atoms with Crippen LogP contribution in [0.25, 0.3) is 20.9 Å². The van der Waals surface area contributed by atoms with Crippen molar-refractivity contribution in [2.45, 2.75) is 33.8 Å². The van der Waals surface area contributed by atoms with Gasteiger partial charge in [0.05, 0.1) is 0 Å². The first-order valence-corrected chi connectivity index (χ1v) is 10.6. The highest BCUT2D eigenvalue weighted by atomic mass is 32.1. The highest BCUT2D eigenvalue weighted by Gasteiger charge is 2.17. The summed E-state index contributed by atoms with van der Waals surface area (Å²) >= 11 is 1.53. The van der Waals surface area contributed by atoms with E-state index in [0.29, 0.717) is 5.75 Å². The van der Waals surface area contributed by atoms with Gasteiger partial charge in [-0.1, -0.05) is 29.5 Å². The van der Waals surface area contributed by atoms with Crippen LogP contribution in [0.15, 0.2) is 54.7 Å². The van der Waals surface area contributed by atoms with E-state index in [2.05, 4.69) is 15.3 Å². The first-order chi connectivity index (χ1) is 14.4. The number of fused-ring (bicyclic) bond motifs is 1. The van der Waals surface area contributed by atoms with Crippen molar-refractivity contribution in [1.82, 2.24) is 9.97 Å². The van der Waals surface area contributed by atoms with E-state index >= 15 is 0 Å². The lowest BCUT2D eigenvalue weighted by Gasteiger charge is -2.17. The number of pyridine rings is 1. The van der Waals surface area contributed by atoms with Gasteiger partial charge in [0.1, 0.15) is 21.1 Å². The Labute approximate surface area is 179 Å². The maximum atomic E-state index is 12.8. The molecule has 1 amide bonds. The van der Waals surface area contributed by atoms with Crippen molar-refractivity contribution >= 4 is 33.3 Å². The highest BCUT2D eigenvalue weighted by Crippen LogP contribution is 2.31. The van der Waals surface area contributed by atoms with E-state index in [4.69, 9.17) is 4.74 Å². The third-order valence-electron chi connectivity index (χ3n) is 5.07. The molecule has 0 aliphatic carbocycles. The number of nitrogens with zero attached hydrogens (tertiary/aromatic N) is 2. The third-order valence-corrected chi connectivity index (χ3v) is 6.10. The van der Waals surface area contributed by atoms with Crippen molar-refractivity contribution in [3.8, 4) is 16.3 Å². The molecule has 30 heavy (non-hydrogen) atoms.